The lowest BCUT2D eigenvalue weighted by Gasteiger charge is -2.29. The van der Waals surface area contributed by atoms with E-state index < -0.39 is 6.04 Å². The zero-order valence-corrected chi connectivity index (χ0v) is 16.0. The molecule has 0 aliphatic heterocycles. The van der Waals surface area contributed by atoms with Crippen LogP contribution in [0.4, 0.5) is 0 Å². The molecule has 2 amide bonds. The van der Waals surface area contributed by atoms with E-state index in [0.29, 0.717) is 13.0 Å². The number of hydrogen-bond donors (Lipinski definition) is 1. The van der Waals surface area contributed by atoms with Crippen molar-refractivity contribution in [1.82, 2.24) is 10.2 Å². The summed E-state index contributed by atoms with van der Waals surface area (Å²) in [5.41, 5.74) is 1.01. The van der Waals surface area contributed by atoms with Gasteiger partial charge in [-0.15, -0.1) is 0 Å². The maximum Gasteiger partial charge on any atom is 0.242 e. The smallest absolute Gasteiger partial charge is 0.242 e. The summed E-state index contributed by atoms with van der Waals surface area (Å²) in [6, 6.07) is 7.45. The van der Waals surface area contributed by atoms with Gasteiger partial charge in [-0.05, 0) is 44.4 Å². The minimum atomic E-state index is -0.484. The summed E-state index contributed by atoms with van der Waals surface area (Å²) in [5.74, 6) is -0.0851. The quantitative estimate of drug-likeness (QED) is 0.741. The fourth-order valence-electron chi connectivity index (χ4n) is 2.24. The summed E-state index contributed by atoms with van der Waals surface area (Å²) in [4.78, 5) is 26.5. The Bertz CT molecular complexity index is 534. The van der Waals surface area contributed by atoms with Gasteiger partial charge in [0.05, 0.1) is 0 Å². The average Bonchev–Trinajstić information content (AvgIpc) is 2.52. The van der Waals surface area contributed by atoms with E-state index in [1.807, 2.05) is 45.0 Å². The summed E-state index contributed by atoms with van der Waals surface area (Å²) in [6.45, 7) is 8.20. The second-order valence-corrected chi connectivity index (χ2v) is 6.81. The van der Waals surface area contributed by atoms with Crippen LogP contribution in [0.5, 0.6) is 0 Å². The summed E-state index contributed by atoms with van der Waals surface area (Å²) >= 11 is 3.45. The van der Waals surface area contributed by atoms with Gasteiger partial charge < -0.3 is 10.2 Å². The van der Waals surface area contributed by atoms with Crippen LogP contribution in [0.1, 0.15) is 52.5 Å². The topological polar surface area (TPSA) is 49.4 Å². The minimum absolute atomic E-state index is 0.0132. The summed E-state index contributed by atoms with van der Waals surface area (Å²) < 4.78 is 0.967. The molecule has 0 saturated heterocycles. The van der Waals surface area contributed by atoms with Gasteiger partial charge in [-0.25, -0.2) is 0 Å². The zero-order valence-electron chi connectivity index (χ0n) is 14.4. The first-order valence-electron chi connectivity index (χ1n) is 8.23. The summed E-state index contributed by atoms with van der Waals surface area (Å²) in [5, 5.41) is 2.96. The highest BCUT2D eigenvalue weighted by Gasteiger charge is 2.26. The Kier molecular flexibility index (Phi) is 8.31. The Labute approximate surface area is 147 Å². The summed E-state index contributed by atoms with van der Waals surface area (Å²) in [6.07, 6.45) is 2.09. The van der Waals surface area contributed by atoms with Gasteiger partial charge in [0.2, 0.25) is 11.8 Å². The van der Waals surface area contributed by atoms with Crippen molar-refractivity contribution in [1.29, 1.82) is 0 Å². The molecule has 1 aromatic rings. The van der Waals surface area contributed by atoms with Crippen molar-refractivity contribution in [3.8, 4) is 0 Å². The van der Waals surface area contributed by atoms with Gasteiger partial charge in [-0.2, -0.15) is 0 Å². The predicted molar refractivity (Wildman–Crippen MR) is 97.0 cm³/mol. The van der Waals surface area contributed by atoms with Gasteiger partial charge in [-0.3, -0.25) is 9.59 Å². The first kappa shape index (κ1) is 19.7. The molecule has 0 aliphatic rings. The molecule has 23 heavy (non-hydrogen) atoms. The van der Waals surface area contributed by atoms with E-state index in [1.165, 1.54) is 0 Å². The van der Waals surface area contributed by atoms with Crippen LogP contribution in [0.15, 0.2) is 28.7 Å². The number of benzene rings is 1. The lowest BCUT2D eigenvalue weighted by molar-refractivity contribution is -0.140. The van der Waals surface area contributed by atoms with E-state index in [4.69, 9.17) is 0 Å². The predicted octanol–water partition coefficient (Wildman–Crippen LogP) is 3.88. The molecule has 0 heterocycles. The Hall–Kier alpha value is -1.36. The molecule has 0 bridgehead atoms. The van der Waals surface area contributed by atoms with E-state index in [1.54, 1.807) is 11.8 Å². The molecule has 0 fully saturated rings. The van der Waals surface area contributed by atoms with Crippen molar-refractivity contribution in [2.75, 3.05) is 0 Å². The van der Waals surface area contributed by atoms with Crippen LogP contribution in [0, 0.1) is 0 Å². The Morgan fingerprint density at radius 1 is 1.26 bits per heavy atom. The Morgan fingerprint density at radius 3 is 2.52 bits per heavy atom. The van der Waals surface area contributed by atoms with Crippen LogP contribution in [0.2, 0.25) is 0 Å². The number of carbonyl (C=O) groups is 2. The number of halogens is 1. The highest BCUT2D eigenvalue weighted by Crippen LogP contribution is 2.16. The SMILES string of the molecule is CCCC(=O)N(Cc1cccc(Br)c1)[C@@H](C)C(=O)N[C@H](C)CC. The molecule has 0 spiro atoms. The molecule has 0 radical (unpaired) electrons. The maximum absolute atomic E-state index is 12.5. The van der Waals surface area contributed by atoms with E-state index >= 15 is 0 Å². The molecule has 1 rings (SSSR count). The second kappa shape index (κ2) is 9.71. The second-order valence-electron chi connectivity index (χ2n) is 5.90. The van der Waals surface area contributed by atoms with Gasteiger partial charge in [0, 0.05) is 23.5 Å². The van der Waals surface area contributed by atoms with Gasteiger partial charge in [-0.1, -0.05) is 41.9 Å². The molecular formula is C18H27BrN2O2. The molecule has 128 valence electrons. The molecule has 0 aliphatic carbocycles. The van der Waals surface area contributed by atoms with Gasteiger partial charge >= 0.3 is 0 Å². The summed E-state index contributed by atoms with van der Waals surface area (Å²) in [7, 11) is 0. The van der Waals surface area contributed by atoms with Crippen LogP contribution in [-0.2, 0) is 16.1 Å². The molecule has 0 unspecified atom stereocenters. The minimum Gasteiger partial charge on any atom is -0.352 e. The third-order valence-electron chi connectivity index (χ3n) is 3.87. The highest BCUT2D eigenvalue weighted by atomic mass is 79.9. The largest absolute Gasteiger partial charge is 0.352 e. The number of carbonyl (C=O) groups excluding carboxylic acids is 2. The molecule has 2 atom stereocenters. The van der Waals surface area contributed by atoms with Crippen molar-refractivity contribution in [2.45, 2.75) is 65.6 Å². The lowest BCUT2D eigenvalue weighted by Crippen LogP contribution is -2.49. The van der Waals surface area contributed by atoms with E-state index in [0.717, 1.165) is 22.9 Å². The van der Waals surface area contributed by atoms with Crippen molar-refractivity contribution in [3.63, 3.8) is 0 Å². The number of nitrogens with one attached hydrogen (secondary N) is 1. The van der Waals surface area contributed by atoms with Crippen LogP contribution in [0.25, 0.3) is 0 Å². The Balaban J connectivity index is 2.91. The first-order valence-corrected chi connectivity index (χ1v) is 9.02. The zero-order chi connectivity index (χ0) is 17.4. The van der Waals surface area contributed by atoms with E-state index in [9.17, 15) is 9.59 Å². The highest BCUT2D eigenvalue weighted by molar-refractivity contribution is 9.10. The normalized spacial score (nSPS) is 13.3. The van der Waals surface area contributed by atoms with Crippen LogP contribution in [0.3, 0.4) is 0 Å². The number of hydrogen-bond acceptors (Lipinski definition) is 2. The van der Waals surface area contributed by atoms with Crippen molar-refractivity contribution in [2.24, 2.45) is 0 Å². The molecule has 1 N–H and O–H groups in total. The van der Waals surface area contributed by atoms with Crippen molar-refractivity contribution in [3.05, 3.63) is 34.3 Å². The molecular weight excluding hydrogens is 356 g/mol. The monoisotopic (exact) mass is 382 g/mol. The number of nitrogens with zero attached hydrogens (tertiary/aromatic N) is 1. The van der Waals surface area contributed by atoms with Gasteiger partial charge in [0.25, 0.3) is 0 Å². The molecule has 0 aromatic heterocycles. The fraction of sp³-hybridized carbons (Fsp3) is 0.556. The maximum atomic E-state index is 12.5. The fourth-order valence-corrected chi connectivity index (χ4v) is 2.68. The van der Waals surface area contributed by atoms with Gasteiger partial charge in [0.1, 0.15) is 6.04 Å². The van der Waals surface area contributed by atoms with E-state index in [-0.39, 0.29) is 17.9 Å². The van der Waals surface area contributed by atoms with Crippen LogP contribution >= 0.6 is 15.9 Å². The third kappa shape index (κ3) is 6.34. The molecule has 0 saturated carbocycles. The molecule has 1 aromatic carbocycles. The standard InChI is InChI=1S/C18H27BrN2O2/c1-5-8-17(22)21(12-15-9-7-10-16(19)11-15)14(4)18(23)20-13(3)6-2/h7,9-11,13-14H,5-6,8,12H2,1-4H3,(H,20,23)/t13-,14+/m1/s1. The van der Waals surface area contributed by atoms with E-state index in [2.05, 4.69) is 21.2 Å². The van der Waals surface area contributed by atoms with Gasteiger partial charge in [0.15, 0.2) is 0 Å². The number of amides is 2. The van der Waals surface area contributed by atoms with Crippen molar-refractivity contribution < 1.29 is 9.59 Å². The number of rotatable bonds is 8. The van der Waals surface area contributed by atoms with Crippen LogP contribution in [-0.4, -0.2) is 28.8 Å². The third-order valence-corrected chi connectivity index (χ3v) is 4.37. The van der Waals surface area contributed by atoms with Crippen molar-refractivity contribution >= 4 is 27.7 Å². The van der Waals surface area contributed by atoms with Crippen LogP contribution < -0.4 is 5.32 Å². The first-order chi connectivity index (χ1) is 10.9. The Morgan fingerprint density at radius 2 is 1.96 bits per heavy atom. The molecule has 5 heteroatoms. The lowest BCUT2D eigenvalue weighted by atomic mass is 10.1. The average molecular weight is 383 g/mol. The molecule has 4 nitrogen and oxygen atoms in total.